The average molecular weight is 365 g/mol. The van der Waals surface area contributed by atoms with Crippen LogP contribution in [-0.4, -0.2) is 6.16 Å². The second kappa shape index (κ2) is 9.96. The minimum absolute atomic E-state index is 0. The predicted octanol–water partition coefficient (Wildman–Crippen LogP) is -5.79. The van der Waals surface area contributed by atoms with E-state index in [2.05, 4.69) is 4.31 Å². The van der Waals surface area contributed by atoms with Crippen molar-refractivity contribution in [1.82, 2.24) is 0 Å². The Labute approximate surface area is 109 Å². The second-order valence-corrected chi connectivity index (χ2v) is 3.67. The third-order valence-corrected chi connectivity index (χ3v) is 1.80. The maximum atomic E-state index is 9.32. The van der Waals surface area contributed by atoms with Crippen molar-refractivity contribution in [1.29, 1.82) is 0 Å². The fraction of sp³-hybridized carbons (Fsp3) is 0. The summed E-state index contributed by atoms with van der Waals surface area (Å²) in [6, 6.07) is 0. The summed E-state index contributed by atoms with van der Waals surface area (Å²) in [6.45, 7) is 0. The SMILES string of the molecule is O=C([O-])[O-].O=P([O-])([O-])OP(=O)([O-])[O-].[Zn+2].[Zn+2]. The van der Waals surface area contributed by atoms with Crippen LogP contribution in [0.2, 0.25) is 0 Å². The van der Waals surface area contributed by atoms with E-state index >= 15 is 0 Å². The quantitative estimate of drug-likeness (QED) is 0.335. The van der Waals surface area contributed by atoms with Crippen LogP contribution in [0.1, 0.15) is 0 Å². The Morgan fingerprint density at radius 1 is 0.867 bits per heavy atom. The zero-order valence-corrected chi connectivity index (χ0v) is 14.6. The first-order chi connectivity index (χ1) is 5.44. The van der Waals surface area contributed by atoms with Crippen molar-refractivity contribution in [2.75, 3.05) is 0 Å². The van der Waals surface area contributed by atoms with Crippen molar-refractivity contribution in [2.45, 2.75) is 0 Å². The zero-order valence-electron chi connectivity index (χ0n) is 6.89. The summed E-state index contributed by atoms with van der Waals surface area (Å²) < 4.78 is 21.2. The summed E-state index contributed by atoms with van der Waals surface area (Å²) in [5.41, 5.74) is 0. The Balaban J connectivity index is -0.0000000883. The van der Waals surface area contributed by atoms with Gasteiger partial charge in [0.15, 0.2) is 0 Å². The van der Waals surface area contributed by atoms with E-state index in [0.29, 0.717) is 0 Å². The molecule has 0 rings (SSSR count). The van der Waals surface area contributed by atoms with E-state index in [9.17, 15) is 28.7 Å². The van der Waals surface area contributed by atoms with Crippen LogP contribution in [0.25, 0.3) is 0 Å². The number of carbonyl (C=O) groups is 1. The fourth-order valence-electron chi connectivity index (χ4n) is 0.122. The Kier molecular flexibility index (Phi) is 16.5. The molecule has 80 valence electrons. The summed E-state index contributed by atoms with van der Waals surface area (Å²) in [6.07, 6.45) is -2.33. The molecule has 0 unspecified atom stereocenters. The molecule has 0 N–H and O–H groups in total. The zero-order chi connectivity index (χ0) is 11.3. The average Bonchev–Trinajstić information content (AvgIpc) is 1.47. The standard InChI is InChI=1S/CH2O3.H4O7P2.2Zn/c2-1(3)4;1-8(2,3)7-9(4,5)6;;/h(H2,2,3,4);(H2,1,2,3)(H2,4,5,6);;/q;;2*+2/p-6. The van der Waals surface area contributed by atoms with Gasteiger partial charge in [-0.15, -0.1) is 0 Å². The summed E-state index contributed by atoms with van der Waals surface area (Å²) >= 11 is 0. The van der Waals surface area contributed by atoms with Gasteiger partial charge in [0.25, 0.3) is 0 Å². The van der Waals surface area contributed by atoms with Crippen LogP contribution < -0.4 is 29.8 Å². The molecule has 0 fully saturated rings. The van der Waals surface area contributed by atoms with E-state index in [-0.39, 0.29) is 39.0 Å². The molecule has 0 atom stereocenters. The minimum atomic E-state index is -5.68. The van der Waals surface area contributed by atoms with Crippen LogP contribution >= 0.6 is 15.6 Å². The van der Waals surface area contributed by atoms with Gasteiger partial charge in [0, 0.05) is 0 Å². The van der Waals surface area contributed by atoms with Crippen molar-refractivity contribution < 1.29 is 87.0 Å². The van der Waals surface area contributed by atoms with Gasteiger partial charge in [-0.25, -0.2) is 0 Å². The van der Waals surface area contributed by atoms with Crippen LogP contribution in [0, 0.1) is 0 Å². The number of hydrogen-bond donors (Lipinski definition) is 0. The Bertz CT molecular complexity index is 226. The van der Waals surface area contributed by atoms with E-state index in [4.69, 9.17) is 15.0 Å². The number of phosphoric acid groups is 2. The molecule has 0 bridgehead atoms. The molecule has 0 saturated heterocycles. The van der Waals surface area contributed by atoms with Gasteiger partial charge in [0.1, 0.15) is 0 Å². The molecule has 0 aliphatic heterocycles. The molecule has 0 aromatic rings. The Morgan fingerprint density at radius 3 is 1.00 bits per heavy atom. The van der Waals surface area contributed by atoms with E-state index in [1.165, 1.54) is 0 Å². The first-order valence-electron chi connectivity index (χ1n) is 2.07. The molecular weight excluding hydrogens is 365 g/mol. The maximum Gasteiger partial charge on any atom is 2.00 e. The van der Waals surface area contributed by atoms with Crippen LogP contribution in [-0.2, 0) is 52.4 Å². The molecule has 14 heteroatoms. The summed E-state index contributed by atoms with van der Waals surface area (Å²) in [5, 5.41) is 16.7. The van der Waals surface area contributed by atoms with Crippen molar-refractivity contribution >= 4 is 21.8 Å². The monoisotopic (exact) mass is 362 g/mol. The molecule has 0 amide bonds. The second-order valence-electron chi connectivity index (χ2n) is 1.23. The van der Waals surface area contributed by atoms with Crippen molar-refractivity contribution in [3.63, 3.8) is 0 Å². The molecule has 10 nitrogen and oxygen atoms in total. The first-order valence-corrected chi connectivity index (χ1v) is 4.99. The topological polar surface area (TPSA) is 199 Å². The largest absolute Gasteiger partial charge is 2.00 e. The molecule has 15 heavy (non-hydrogen) atoms. The first kappa shape index (κ1) is 24.8. The van der Waals surface area contributed by atoms with Gasteiger partial charge in [-0.05, 0) is 6.16 Å². The summed E-state index contributed by atoms with van der Waals surface area (Å²) in [4.78, 5) is 45.6. The molecule has 0 aliphatic carbocycles. The van der Waals surface area contributed by atoms with Crippen LogP contribution in [0.4, 0.5) is 4.79 Å². The van der Waals surface area contributed by atoms with Gasteiger partial charge in [-0.3, -0.25) is 0 Å². The van der Waals surface area contributed by atoms with E-state index in [1.807, 2.05) is 0 Å². The molecule has 0 aliphatic rings. The smallest absolute Gasteiger partial charge is 0.790 e. The van der Waals surface area contributed by atoms with Crippen molar-refractivity contribution in [3.05, 3.63) is 0 Å². The van der Waals surface area contributed by atoms with Gasteiger partial charge < -0.3 is 48.0 Å². The fourth-order valence-corrected chi connectivity index (χ4v) is 1.10. The van der Waals surface area contributed by atoms with Crippen LogP contribution in [0.5, 0.6) is 0 Å². The molecule has 0 spiro atoms. The maximum absolute atomic E-state index is 9.32. The van der Waals surface area contributed by atoms with E-state index < -0.39 is 21.8 Å². The molecule has 0 aromatic carbocycles. The summed E-state index contributed by atoms with van der Waals surface area (Å²) in [5.74, 6) is 0. The summed E-state index contributed by atoms with van der Waals surface area (Å²) in [7, 11) is -11.4. The van der Waals surface area contributed by atoms with Gasteiger partial charge in [0.05, 0.1) is 15.6 Å². The van der Waals surface area contributed by atoms with Crippen molar-refractivity contribution in [3.8, 4) is 0 Å². The number of carboxylic acid groups (broad SMARTS) is 2. The molecule has 0 saturated carbocycles. The third-order valence-electron chi connectivity index (χ3n) is 0.200. The molecular formula is CO10P2Zn2-2. The Hall–Kier alpha value is 0.777. The minimum Gasteiger partial charge on any atom is -0.790 e. The van der Waals surface area contributed by atoms with Crippen LogP contribution in [0.3, 0.4) is 0 Å². The Morgan fingerprint density at radius 2 is 1.00 bits per heavy atom. The van der Waals surface area contributed by atoms with E-state index in [0.717, 1.165) is 0 Å². The van der Waals surface area contributed by atoms with E-state index in [1.54, 1.807) is 0 Å². The third kappa shape index (κ3) is 52.5. The van der Waals surface area contributed by atoms with Gasteiger partial charge >= 0.3 is 39.0 Å². The predicted molar refractivity (Wildman–Crippen MR) is 21.7 cm³/mol. The molecule has 0 aromatic heterocycles. The molecule has 0 heterocycles. The van der Waals surface area contributed by atoms with Gasteiger partial charge in [-0.2, -0.15) is 0 Å². The number of hydrogen-bond acceptors (Lipinski definition) is 10. The van der Waals surface area contributed by atoms with Crippen LogP contribution in [0.15, 0.2) is 0 Å². The van der Waals surface area contributed by atoms with Gasteiger partial charge in [0.2, 0.25) is 0 Å². The number of rotatable bonds is 2. The normalized spacial score (nSPS) is 9.87. The van der Waals surface area contributed by atoms with Crippen molar-refractivity contribution in [2.24, 2.45) is 0 Å². The molecule has 0 radical (unpaired) electrons. The van der Waals surface area contributed by atoms with Gasteiger partial charge in [-0.1, -0.05) is 0 Å². The number of carbonyl (C=O) groups excluding carboxylic acids is 1.